The monoisotopic (exact) mass is 316 g/mol. The highest BCUT2D eigenvalue weighted by Crippen LogP contribution is 2.15. The van der Waals surface area contributed by atoms with Crippen LogP contribution in [0.15, 0.2) is 46.5 Å². The quantitative estimate of drug-likeness (QED) is 0.731. The molecule has 6 nitrogen and oxygen atoms in total. The number of nitrogens with zero attached hydrogens (tertiary/aromatic N) is 1. The standard InChI is InChI=1S/C15H12N2O4S/c18-14(16-7-11-2-1-5-22-11)8-20-15(19)10-3-4-12-13(6-10)21-9-17-12/h1-6,9H,7-8H2,(H,16,18). The summed E-state index contributed by atoms with van der Waals surface area (Å²) >= 11 is 1.55. The molecule has 1 amide bonds. The summed E-state index contributed by atoms with van der Waals surface area (Å²) in [7, 11) is 0. The fourth-order valence-corrected chi connectivity index (χ4v) is 2.49. The van der Waals surface area contributed by atoms with E-state index in [-0.39, 0.29) is 12.5 Å². The maximum atomic E-state index is 11.9. The summed E-state index contributed by atoms with van der Waals surface area (Å²) in [6.45, 7) is 0.108. The topological polar surface area (TPSA) is 81.4 Å². The van der Waals surface area contributed by atoms with Crippen LogP contribution in [0.5, 0.6) is 0 Å². The molecule has 1 aromatic carbocycles. The zero-order valence-corrected chi connectivity index (χ0v) is 12.3. The van der Waals surface area contributed by atoms with Crippen molar-refractivity contribution in [1.29, 1.82) is 0 Å². The molecule has 0 fully saturated rings. The van der Waals surface area contributed by atoms with Gasteiger partial charge in [-0.15, -0.1) is 11.3 Å². The second kappa shape index (κ2) is 6.40. The molecule has 0 spiro atoms. The zero-order chi connectivity index (χ0) is 15.4. The van der Waals surface area contributed by atoms with Crippen molar-refractivity contribution in [3.05, 3.63) is 52.5 Å². The average Bonchev–Trinajstić information content (AvgIpc) is 3.20. The number of rotatable bonds is 5. The highest BCUT2D eigenvalue weighted by atomic mass is 32.1. The van der Waals surface area contributed by atoms with Crippen molar-refractivity contribution < 1.29 is 18.7 Å². The number of nitrogens with one attached hydrogen (secondary N) is 1. The third-order valence-corrected chi connectivity index (χ3v) is 3.82. The van der Waals surface area contributed by atoms with Crippen LogP contribution in [-0.4, -0.2) is 23.5 Å². The van der Waals surface area contributed by atoms with E-state index in [0.717, 1.165) is 4.88 Å². The summed E-state index contributed by atoms with van der Waals surface area (Å²) < 4.78 is 10.1. The number of carbonyl (C=O) groups is 2. The van der Waals surface area contributed by atoms with Gasteiger partial charge in [0.05, 0.1) is 12.1 Å². The zero-order valence-electron chi connectivity index (χ0n) is 11.4. The number of oxazole rings is 1. The van der Waals surface area contributed by atoms with Crippen molar-refractivity contribution >= 4 is 34.3 Å². The van der Waals surface area contributed by atoms with Crippen LogP contribution in [0, 0.1) is 0 Å². The second-order valence-corrected chi connectivity index (χ2v) is 5.50. The number of carbonyl (C=O) groups excluding carboxylic acids is 2. The number of ether oxygens (including phenoxy) is 1. The van der Waals surface area contributed by atoms with Gasteiger partial charge >= 0.3 is 5.97 Å². The van der Waals surface area contributed by atoms with Gasteiger partial charge in [-0.1, -0.05) is 6.07 Å². The van der Waals surface area contributed by atoms with E-state index in [4.69, 9.17) is 9.15 Å². The van der Waals surface area contributed by atoms with Crippen molar-refractivity contribution in [2.24, 2.45) is 0 Å². The van der Waals surface area contributed by atoms with E-state index in [9.17, 15) is 9.59 Å². The van der Waals surface area contributed by atoms with Gasteiger partial charge in [0.15, 0.2) is 18.6 Å². The Hall–Kier alpha value is -2.67. The summed E-state index contributed by atoms with van der Waals surface area (Å²) in [5, 5.41) is 4.61. The summed E-state index contributed by atoms with van der Waals surface area (Å²) in [5.41, 5.74) is 1.47. The van der Waals surface area contributed by atoms with Gasteiger partial charge in [0.25, 0.3) is 5.91 Å². The lowest BCUT2D eigenvalue weighted by molar-refractivity contribution is -0.124. The van der Waals surface area contributed by atoms with Gasteiger partial charge in [-0.2, -0.15) is 0 Å². The van der Waals surface area contributed by atoms with Crippen molar-refractivity contribution in [3.63, 3.8) is 0 Å². The first-order valence-electron chi connectivity index (χ1n) is 6.52. The fourth-order valence-electron chi connectivity index (χ4n) is 1.85. The Morgan fingerprint density at radius 1 is 1.32 bits per heavy atom. The van der Waals surface area contributed by atoms with Gasteiger partial charge in [-0.3, -0.25) is 4.79 Å². The van der Waals surface area contributed by atoms with Crippen LogP contribution in [0.2, 0.25) is 0 Å². The van der Waals surface area contributed by atoms with Gasteiger partial charge in [-0.05, 0) is 29.6 Å². The molecule has 0 aliphatic heterocycles. The number of benzene rings is 1. The molecule has 112 valence electrons. The van der Waals surface area contributed by atoms with Crippen LogP contribution < -0.4 is 5.32 Å². The number of esters is 1. The van der Waals surface area contributed by atoms with Crippen LogP contribution in [0.3, 0.4) is 0 Å². The van der Waals surface area contributed by atoms with Gasteiger partial charge in [0.2, 0.25) is 0 Å². The van der Waals surface area contributed by atoms with Crippen LogP contribution in [0.1, 0.15) is 15.2 Å². The highest BCUT2D eigenvalue weighted by Gasteiger charge is 2.12. The number of fused-ring (bicyclic) bond motifs is 1. The molecule has 2 heterocycles. The predicted octanol–water partition coefficient (Wildman–Crippen LogP) is 2.36. The van der Waals surface area contributed by atoms with E-state index < -0.39 is 5.97 Å². The Bertz CT molecular complexity index is 795. The summed E-state index contributed by atoms with van der Waals surface area (Å²) in [5.74, 6) is -0.924. The largest absolute Gasteiger partial charge is 0.452 e. The molecule has 7 heteroatoms. The normalized spacial score (nSPS) is 10.5. The summed E-state index contributed by atoms with van der Waals surface area (Å²) in [6.07, 6.45) is 1.30. The van der Waals surface area contributed by atoms with Crippen LogP contribution in [-0.2, 0) is 16.1 Å². The smallest absolute Gasteiger partial charge is 0.338 e. The average molecular weight is 316 g/mol. The maximum Gasteiger partial charge on any atom is 0.338 e. The maximum absolute atomic E-state index is 11.9. The lowest BCUT2D eigenvalue weighted by Gasteiger charge is -2.05. The number of hydrogen-bond donors (Lipinski definition) is 1. The van der Waals surface area contributed by atoms with E-state index in [1.54, 1.807) is 23.5 Å². The van der Waals surface area contributed by atoms with Gasteiger partial charge in [0, 0.05) is 4.88 Å². The molecule has 0 bridgehead atoms. The Morgan fingerprint density at radius 3 is 3.05 bits per heavy atom. The molecule has 3 rings (SSSR count). The molecular weight excluding hydrogens is 304 g/mol. The predicted molar refractivity (Wildman–Crippen MR) is 80.5 cm³/mol. The Morgan fingerprint density at radius 2 is 2.23 bits per heavy atom. The van der Waals surface area contributed by atoms with E-state index >= 15 is 0 Å². The SMILES string of the molecule is O=C(COC(=O)c1ccc2ncoc2c1)NCc1cccs1. The number of amides is 1. The van der Waals surface area contributed by atoms with E-state index in [0.29, 0.717) is 23.2 Å². The lowest BCUT2D eigenvalue weighted by atomic mass is 10.2. The lowest BCUT2D eigenvalue weighted by Crippen LogP contribution is -2.28. The van der Waals surface area contributed by atoms with Gasteiger partial charge in [-0.25, -0.2) is 9.78 Å². The van der Waals surface area contributed by atoms with Gasteiger partial charge < -0.3 is 14.5 Å². The molecule has 3 aromatic rings. The summed E-state index contributed by atoms with van der Waals surface area (Å²) in [6, 6.07) is 8.60. The minimum absolute atomic E-state index is 0.315. The number of aromatic nitrogens is 1. The molecule has 0 unspecified atom stereocenters. The molecule has 0 aliphatic carbocycles. The minimum Gasteiger partial charge on any atom is -0.452 e. The van der Waals surface area contributed by atoms with Gasteiger partial charge in [0.1, 0.15) is 5.52 Å². The molecule has 0 saturated heterocycles. The molecule has 0 aliphatic rings. The van der Waals surface area contributed by atoms with Crippen molar-refractivity contribution in [3.8, 4) is 0 Å². The van der Waals surface area contributed by atoms with E-state index in [2.05, 4.69) is 10.3 Å². The third-order valence-electron chi connectivity index (χ3n) is 2.94. The molecule has 0 radical (unpaired) electrons. The first kappa shape index (κ1) is 14.3. The molecule has 1 N–H and O–H groups in total. The summed E-state index contributed by atoms with van der Waals surface area (Å²) in [4.78, 5) is 28.5. The third kappa shape index (κ3) is 3.32. The van der Waals surface area contributed by atoms with E-state index in [1.165, 1.54) is 12.5 Å². The van der Waals surface area contributed by atoms with Crippen LogP contribution in [0.25, 0.3) is 11.1 Å². The van der Waals surface area contributed by atoms with Crippen molar-refractivity contribution in [1.82, 2.24) is 10.3 Å². The second-order valence-electron chi connectivity index (χ2n) is 4.47. The number of hydrogen-bond acceptors (Lipinski definition) is 6. The number of thiophene rings is 1. The molecule has 2 aromatic heterocycles. The Labute approximate surface area is 129 Å². The first-order valence-corrected chi connectivity index (χ1v) is 7.40. The fraction of sp³-hybridized carbons (Fsp3) is 0.133. The van der Waals surface area contributed by atoms with E-state index in [1.807, 2.05) is 17.5 Å². The Kier molecular flexibility index (Phi) is 4.15. The van der Waals surface area contributed by atoms with Crippen LogP contribution in [0.4, 0.5) is 0 Å². The minimum atomic E-state index is -0.579. The molecule has 0 saturated carbocycles. The Balaban J connectivity index is 1.51. The van der Waals surface area contributed by atoms with Crippen molar-refractivity contribution in [2.75, 3.05) is 6.61 Å². The van der Waals surface area contributed by atoms with Crippen LogP contribution >= 0.6 is 11.3 Å². The molecule has 22 heavy (non-hydrogen) atoms. The van der Waals surface area contributed by atoms with Crippen molar-refractivity contribution in [2.45, 2.75) is 6.54 Å². The molecular formula is C15H12N2O4S. The molecule has 0 atom stereocenters. The highest BCUT2D eigenvalue weighted by molar-refractivity contribution is 7.09. The first-order chi connectivity index (χ1) is 10.7.